The average molecular weight is 451 g/mol. The summed E-state index contributed by atoms with van der Waals surface area (Å²) >= 11 is 1.44. The summed E-state index contributed by atoms with van der Waals surface area (Å²) in [4.78, 5) is 13.7. The van der Waals surface area contributed by atoms with Crippen LogP contribution in [0.25, 0.3) is 0 Å². The Kier molecular flexibility index (Phi) is 7.41. The Labute approximate surface area is 181 Å². The molecule has 2 aromatic carbocycles. The van der Waals surface area contributed by atoms with Crippen LogP contribution in [0.3, 0.4) is 0 Å². The van der Waals surface area contributed by atoms with Gasteiger partial charge in [-0.15, -0.1) is 11.8 Å². The van der Waals surface area contributed by atoms with E-state index in [-0.39, 0.29) is 16.6 Å². The molecule has 9 heteroatoms. The van der Waals surface area contributed by atoms with E-state index >= 15 is 0 Å². The summed E-state index contributed by atoms with van der Waals surface area (Å²) in [7, 11) is -2.19. The number of anilines is 1. The molecule has 30 heavy (non-hydrogen) atoms. The van der Waals surface area contributed by atoms with Crippen molar-refractivity contribution in [1.82, 2.24) is 4.31 Å². The maximum Gasteiger partial charge on any atom is 0.243 e. The molecule has 1 heterocycles. The van der Waals surface area contributed by atoms with Crippen LogP contribution in [-0.2, 0) is 19.6 Å². The van der Waals surface area contributed by atoms with Crippen molar-refractivity contribution in [3.63, 3.8) is 0 Å². The van der Waals surface area contributed by atoms with Crippen LogP contribution in [0, 0.1) is 13.8 Å². The van der Waals surface area contributed by atoms with Crippen LogP contribution in [0.15, 0.2) is 46.2 Å². The first kappa shape index (κ1) is 22.6. The Hall–Kier alpha value is -2.07. The molecule has 2 aromatic rings. The summed E-state index contributed by atoms with van der Waals surface area (Å²) < 4.78 is 37.8. The quantitative estimate of drug-likeness (QED) is 0.653. The van der Waals surface area contributed by atoms with Gasteiger partial charge in [0.25, 0.3) is 0 Å². The van der Waals surface area contributed by atoms with Crippen molar-refractivity contribution in [2.45, 2.75) is 23.6 Å². The number of sulfonamides is 1. The lowest BCUT2D eigenvalue weighted by molar-refractivity contribution is -0.113. The fourth-order valence-electron chi connectivity index (χ4n) is 3.17. The number of carbonyl (C=O) groups is 1. The number of hydrogen-bond acceptors (Lipinski definition) is 6. The molecule has 3 rings (SSSR count). The lowest BCUT2D eigenvalue weighted by Crippen LogP contribution is -2.40. The zero-order valence-electron chi connectivity index (χ0n) is 17.3. The Balaban J connectivity index is 1.74. The van der Waals surface area contributed by atoms with E-state index in [0.29, 0.717) is 37.7 Å². The highest BCUT2D eigenvalue weighted by Crippen LogP contribution is 2.30. The van der Waals surface area contributed by atoms with E-state index in [0.717, 1.165) is 10.5 Å². The fourth-order valence-corrected chi connectivity index (χ4v) is 5.42. The van der Waals surface area contributed by atoms with E-state index in [2.05, 4.69) is 11.4 Å². The molecule has 1 aliphatic heterocycles. The number of thioether (sulfide) groups is 1. The van der Waals surface area contributed by atoms with E-state index in [4.69, 9.17) is 9.47 Å². The maximum absolute atomic E-state index is 12.9. The molecule has 0 aliphatic carbocycles. The SMILES string of the molecule is COc1ccc(S(=O)(=O)N2CCOCC2)cc1NC(=O)CSc1ccc(C)cc1C. The van der Waals surface area contributed by atoms with Crippen LogP contribution in [0.2, 0.25) is 0 Å². The minimum Gasteiger partial charge on any atom is -0.495 e. The molecule has 0 spiro atoms. The lowest BCUT2D eigenvalue weighted by atomic mass is 10.2. The van der Waals surface area contributed by atoms with E-state index in [9.17, 15) is 13.2 Å². The van der Waals surface area contributed by atoms with Crippen molar-refractivity contribution in [2.24, 2.45) is 0 Å². The zero-order chi connectivity index (χ0) is 21.7. The van der Waals surface area contributed by atoms with Gasteiger partial charge in [-0.05, 0) is 43.7 Å². The van der Waals surface area contributed by atoms with Gasteiger partial charge >= 0.3 is 0 Å². The van der Waals surface area contributed by atoms with Crippen molar-refractivity contribution in [3.8, 4) is 5.75 Å². The number of hydrogen-bond donors (Lipinski definition) is 1. The largest absolute Gasteiger partial charge is 0.495 e. The number of benzene rings is 2. The normalized spacial score (nSPS) is 15.0. The summed E-state index contributed by atoms with van der Waals surface area (Å²) in [6, 6.07) is 10.6. The van der Waals surface area contributed by atoms with Crippen LogP contribution < -0.4 is 10.1 Å². The highest BCUT2D eigenvalue weighted by atomic mass is 32.2. The molecule has 0 bridgehead atoms. The number of aryl methyl sites for hydroxylation is 2. The summed E-state index contributed by atoms with van der Waals surface area (Å²) in [5, 5.41) is 2.79. The number of nitrogens with one attached hydrogen (secondary N) is 1. The van der Waals surface area contributed by atoms with Crippen molar-refractivity contribution in [3.05, 3.63) is 47.5 Å². The van der Waals surface area contributed by atoms with Gasteiger partial charge in [-0.3, -0.25) is 4.79 Å². The highest BCUT2D eigenvalue weighted by molar-refractivity contribution is 8.00. The first-order valence-electron chi connectivity index (χ1n) is 9.57. The lowest BCUT2D eigenvalue weighted by Gasteiger charge is -2.26. The Morgan fingerprint density at radius 2 is 1.90 bits per heavy atom. The third-order valence-corrected chi connectivity index (χ3v) is 7.81. The predicted molar refractivity (Wildman–Crippen MR) is 118 cm³/mol. The summed E-state index contributed by atoms with van der Waals surface area (Å²) in [5.41, 5.74) is 2.62. The number of ether oxygens (including phenoxy) is 2. The molecule has 0 unspecified atom stereocenters. The smallest absolute Gasteiger partial charge is 0.243 e. The van der Waals surface area contributed by atoms with Crippen LogP contribution in [0.1, 0.15) is 11.1 Å². The first-order valence-corrected chi connectivity index (χ1v) is 12.0. The highest BCUT2D eigenvalue weighted by Gasteiger charge is 2.27. The second-order valence-corrected chi connectivity index (χ2v) is 9.94. The van der Waals surface area contributed by atoms with E-state index in [1.165, 1.54) is 40.9 Å². The van der Waals surface area contributed by atoms with Gasteiger partial charge in [0.15, 0.2) is 0 Å². The van der Waals surface area contributed by atoms with Crippen molar-refractivity contribution in [1.29, 1.82) is 0 Å². The second kappa shape index (κ2) is 9.82. The minimum atomic E-state index is -3.67. The Morgan fingerprint density at radius 3 is 2.57 bits per heavy atom. The molecular formula is C21H26N2O5S2. The van der Waals surface area contributed by atoms with E-state index in [1.54, 1.807) is 6.07 Å². The van der Waals surface area contributed by atoms with Gasteiger partial charge in [-0.25, -0.2) is 8.42 Å². The summed E-state index contributed by atoms with van der Waals surface area (Å²) in [5.74, 6) is 0.369. The Bertz CT molecular complexity index is 1020. The average Bonchev–Trinajstić information content (AvgIpc) is 2.73. The van der Waals surface area contributed by atoms with Crippen molar-refractivity contribution in [2.75, 3.05) is 44.5 Å². The monoisotopic (exact) mass is 450 g/mol. The van der Waals surface area contributed by atoms with Crippen molar-refractivity contribution < 1.29 is 22.7 Å². The number of morpholine rings is 1. The molecule has 0 saturated carbocycles. The molecule has 1 amide bonds. The third-order valence-electron chi connectivity index (χ3n) is 4.74. The fraction of sp³-hybridized carbons (Fsp3) is 0.381. The second-order valence-electron chi connectivity index (χ2n) is 6.98. The molecule has 7 nitrogen and oxygen atoms in total. The van der Waals surface area contributed by atoms with E-state index in [1.807, 2.05) is 26.0 Å². The maximum atomic E-state index is 12.9. The Morgan fingerprint density at radius 1 is 1.17 bits per heavy atom. The van der Waals surface area contributed by atoms with Crippen LogP contribution in [-0.4, -0.2) is 57.8 Å². The van der Waals surface area contributed by atoms with Crippen LogP contribution in [0.4, 0.5) is 5.69 Å². The molecule has 0 radical (unpaired) electrons. The van der Waals surface area contributed by atoms with Gasteiger partial charge in [0.1, 0.15) is 5.75 Å². The standard InChI is InChI=1S/C21H26N2O5S2/c1-15-4-7-20(16(2)12-15)29-14-21(24)22-18-13-17(5-6-19(18)27-3)30(25,26)23-8-10-28-11-9-23/h4-7,12-13H,8-11,14H2,1-3H3,(H,22,24). The number of carbonyl (C=O) groups excluding carboxylic acids is 1. The van der Waals surface area contributed by atoms with Crippen molar-refractivity contribution >= 4 is 33.4 Å². The first-order chi connectivity index (χ1) is 14.3. The molecule has 0 aromatic heterocycles. The molecule has 1 N–H and O–H groups in total. The van der Waals surface area contributed by atoms with Crippen LogP contribution >= 0.6 is 11.8 Å². The molecule has 1 fully saturated rings. The summed E-state index contributed by atoms with van der Waals surface area (Å²) in [6.07, 6.45) is 0. The topological polar surface area (TPSA) is 84.9 Å². The number of amides is 1. The van der Waals surface area contributed by atoms with Gasteiger partial charge < -0.3 is 14.8 Å². The number of methoxy groups -OCH3 is 1. The van der Waals surface area contributed by atoms with Gasteiger partial charge in [0, 0.05) is 18.0 Å². The summed E-state index contributed by atoms with van der Waals surface area (Å²) in [6.45, 7) is 5.39. The molecule has 1 saturated heterocycles. The van der Waals surface area contributed by atoms with Crippen LogP contribution in [0.5, 0.6) is 5.75 Å². The number of rotatable bonds is 7. The minimum absolute atomic E-state index is 0.113. The molecular weight excluding hydrogens is 424 g/mol. The van der Waals surface area contributed by atoms with Gasteiger partial charge in [0.2, 0.25) is 15.9 Å². The van der Waals surface area contributed by atoms with Gasteiger partial charge in [0.05, 0.1) is 36.7 Å². The third kappa shape index (κ3) is 5.34. The zero-order valence-corrected chi connectivity index (χ0v) is 18.9. The number of nitrogens with zero attached hydrogens (tertiary/aromatic N) is 1. The molecule has 162 valence electrons. The van der Waals surface area contributed by atoms with Gasteiger partial charge in [-0.2, -0.15) is 4.31 Å². The van der Waals surface area contributed by atoms with E-state index < -0.39 is 10.0 Å². The van der Waals surface area contributed by atoms with Gasteiger partial charge in [-0.1, -0.05) is 17.7 Å². The molecule has 1 aliphatic rings. The predicted octanol–water partition coefficient (Wildman–Crippen LogP) is 3.06. The molecule has 0 atom stereocenters.